The third-order valence-corrected chi connectivity index (χ3v) is 3.25. The number of anilines is 1. The van der Waals surface area contributed by atoms with Crippen LogP contribution in [0.5, 0.6) is 0 Å². The molecule has 6 heteroatoms. The highest BCUT2D eigenvalue weighted by Gasteiger charge is 2.30. The maximum Gasteiger partial charge on any atom is 0.332 e. The molecular weight excluding hydrogens is 260 g/mol. The van der Waals surface area contributed by atoms with Gasteiger partial charge in [0.05, 0.1) is 12.5 Å². The van der Waals surface area contributed by atoms with E-state index in [4.69, 9.17) is 15.6 Å². The highest BCUT2D eigenvalue weighted by molar-refractivity contribution is 5.78. The topological polar surface area (TPSA) is 102 Å². The van der Waals surface area contributed by atoms with E-state index >= 15 is 0 Å². The fourth-order valence-corrected chi connectivity index (χ4v) is 2.15. The molecule has 0 saturated carbocycles. The Hall–Kier alpha value is -2.08. The molecule has 0 spiro atoms. The molecule has 0 radical (unpaired) electrons. The lowest BCUT2D eigenvalue weighted by atomic mass is 10.1. The van der Waals surface area contributed by atoms with Gasteiger partial charge in [-0.3, -0.25) is 4.79 Å². The number of carbonyl (C=O) groups is 2. The number of aliphatic carboxylic acids is 1. The van der Waals surface area contributed by atoms with E-state index in [-0.39, 0.29) is 18.4 Å². The van der Waals surface area contributed by atoms with Gasteiger partial charge in [0.25, 0.3) is 0 Å². The van der Waals surface area contributed by atoms with Crippen molar-refractivity contribution in [2.24, 2.45) is 0 Å². The molecule has 1 fully saturated rings. The minimum Gasteiger partial charge on any atom is -0.479 e. The van der Waals surface area contributed by atoms with Crippen LogP contribution in [0.15, 0.2) is 24.3 Å². The van der Waals surface area contributed by atoms with E-state index in [0.717, 1.165) is 5.56 Å². The van der Waals surface area contributed by atoms with Gasteiger partial charge in [0.2, 0.25) is 5.91 Å². The van der Waals surface area contributed by atoms with Crippen LogP contribution in [0, 0.1) is 0 Å². The van der Waals surface area contributed by atoms with Crippen molar-refractivity contribution in [1.29, 1.82) is 0 Å². The summed E-state index contributed by atoms with van der Waals surface area (Å²) in [5, 5.41) is 11.6. The molecule has 1 aliphatic rings. The fraction of sp³-hybridized carbons (Fsp3) is 0.429. The highest BCUT2D eigenvalue weighted by atomic mass is 16.5. The van der Waals surface area contributed by atoms with Crippen molar-refractivity contribution < 1.29 is 19.4 Å². The monoisotopic (exact) mass is 278 g/mol. The number of nitrogens with one attached hydrogen (secondary N) is 1. The van der Waals surface area contributed by atoms with Gasteiger partial charge in [-0.1, -0.05) is 12.1 Å². The number of rotatable bonds is 5. The first-order valence-electron chi connectivity index (χ1n) is 6.54. The van der Waals surface area contributed by atoms with Crippen molar-refractivity contribution in [3.05, 3.63) is 29.8 Å². The first kappa shape index (κ1) is 14.3. The highest BCUT2D eigenvalue weighted by Crippen LogP contribution is 2.19. The minimum absolute atomic E-state index is 0.114. The van der Waals surface area contributed by atoms with E-state index in [0.29, 0.717) is 25.1 Å². The number of amides is 1. The molecule has 6 nitrogen and oxygen atoms in total. The van der Waals surface area contributed by atoms with E-state index in [9.17, 15) is 9.59 Å². The number of nitrogens with two attached hydrogens (primary N) is 1. The molecule has 2 unspecified atom stereocenters. The summed E-state index contributed by atoms with van der Waals surface area (Å²) in [6.45, 7) is 0.345. The first-order valence-corrected chi connectivity index (χ1v) is 6.54. The largest absolute Gasteiger partial charge is 0.479 e. The van der Waals surface area contributed by atoms with E-state index in [1.807, 2.05) is 0 Å². The van der Waals surface area contributed by atoms with Crippen LogP contribution in [-0.4, -0.2) is 35.7 Å². The second kappa shape index (κ2) is 6.38. The molecule has 1 amide bonds. The smallest absolute Gasteiger partial charge is 0.332 e. The number of nitrogen functional groups attached to an aromatic ring is 1. The Balaban J connectivity index is 1.73. The molecule has 1 aliphatic heterocycles. The van der Waals surface area contributed by atoms with Crippen LogP contribution in [0.3, 0.4) is 0 Å². The van der Waals surface area contributed by atoms with Gasteiger partial charge in [0, 0.05) is 12.2 Å². The normalized spacial score (nSPS) is 21.6. The lowest BCUT2D eigenvalue weighted by Gasteiger charge is -2.12. The quantitative estimate of drug-likeness (QED) is 0.683. The molecule has 1 aromatic carbocycles. The summed E-state index contributed by atoms with van der Waals surface area (Å²) in [4.78, 5) is 22.5. The average Bonchev–Trinajstić information content (AvgIpc) is 2.88. The number of carbonyl (C=O) groups excluding carboxylic acids is 1. The summed E-state index contributed by atoms with van der Waals surface area (Å²) < 4.78 is 5.31. The summed E-state index contributed by atoms with van der Waals surface area (Å²) in [6, 6.07) is 7.11. The number of carboxylic acid groups (broad SMARTS) is 1. The second-order valence-electron chi connectivity index (χ2n) is 4.88. The molecule has 2 atom stereocenters. The number of benzene rings is 1. The molecule has 108 valence electrons. The molecule has 1 heterocycles. The Morgan fingerprint density at radius 3 is 2.60 bits per heavy atom. The van der Waals surface area contributed by atoms with Crippen molar-refractivity contribution >= 4 is 17.6 Å². The molecule has 0 aliphatic carbocycles. The van der Waals surface area contributed by atoms with Crippen LogP contribution in [-0.2, 0) is 20.7 Å². The maximum absolute atomic E-state index is 11.8. The number of hydrogen-bond donors (Lipinski definition) is 3. The van der Waals surface area contributed by atoms with Gasteiger partial charge in [0.15, 0.2) is 6.10 Å². The molecule has 4 N–H and O–H groups in total. The Labute approximate surface area is 116 Å². The predicted octanol–water partition coefficient (Wildman–Crippen LogP) is 0.560. The van der Waals surface area contributed by atoms with Crippen molar-refractivity contribution in [3.8, 4) is 0 Å². The zero-order valence-corrected chi connectivity index (χ0v) is 11.0. The summed E-state index contributed by atoms with van der Waals surface area (Å²) >= 11 is 0. The summed E-state index contributed by atoms with van der Waals surface area (Å²) in [5.41, 5.74) is 7.11. The third kappa shape index (κ3) is 3.96. The van der Waals surface area contributed by atoms with Crippen LogP contribution in [0.1, 0.15) is 18.4 Å². The van der Waals surface area contributed by atoms with Crippen LogP contribution in [0.2, 0.25) is 0 Å². The van der Waals surface area contributed by atoms with Gasteiger partial charge >= 0.3 is 5.97 Å². The van der Waals surface area contributed by atoms with E-state index in [2.05, 4.69) is 5.32 Å². The van der Waals surface area contributed by atoms with E-state index in [1.165, 1.54) is 0 Å². The predicted molar refractivity (Wildman–Crippen MR) is 73.1 cm³/mol. The number of hydrogen-bond acceptors (Lipinski definition) is 4. The van der Waals surface area contributed by atoms with Crippen molar-refractivity contribution in [1.82, 2.24) is 5.32 Å². The van der Waals surface area contributed by atoms with Crippen LogP contribution in [0.4, 0.5) is 5.69 Å². The maximum atomic E-state index is 11.8. The lowest BCUT2D eigenvalue weighted by molar-refractivity contribution is -0.149. The SMILES string of the molecule is Nc1ccc(CC(=O)NCC2CCC(C(=O)O)O2)cc1. The van der Waals surface area contributed by atoms with Crippen molar-refractivity contribution in [3.63, 3.8) is 0 Å². The van der Waals surface area contributed by atoms with Crippen LogP contribution < -0.4 is 11.1 Å². The average molecular weight is 278 g/mol. The van der Waals surface area contributed by atoms with Crippen molar-refractivity contribution in [2.45, 2.75) is 31.5 Å². The van der Waals surface area contributed by atoms with Gasteiger partial charge in [0.1, 0.15) is 0 Å². The van der Waals surface area contributed by atoms with Gasteiger partial charge in [-0.15, -0.1) is 0 Å². The zero-order chi connectivity index (χ0) is 14.5. The second-order valence-corrected chi connectivity index (χ2v) is 4.88. The van der Waals surface area contributed by atoms with E-state index in [1.54, 1.807) is 24.3 Å². The van der Waals surface area contributed by atoms with Gasteiger partial charge < -0.3 is 20.9 Å². The minimum atomic E-state index is -0.944. The molecule has 2 rings (SSSR count). The Morgan fingerprint density at radius 1 is 1.30 bits per heavy atom. The number of carboxylic acids is 1. The molecule has 20 heavy (non-hydrogen) atoms. The Morgan fingerprint density at radius 2 is 2.00 bits per heavy atom. The van der Waals surface area contributed by atoms with Gasteiger partial charge in [-0.25, -0.2) is 4.79 Å². The molecule has 1 saturated heterocycles. The third-order valence-electron chi connectivity index (χ3n) is 3.25. The van der Waals surface area contributed by atoms with E-state index < -0.39 is 12.1 Å². The zero-order valence-electron chi connectivity index (χ0n) is 11.0. The van der Waals surface area contributed by atoms with Gasteiger partial charge in [-0.05, 0) is 30.5 Å². The summed E-state index contributed by atoms with van der Waals surface area (Å²) in [5.74, 6) is -1.06. The Kier molecular flexibility index (Phi) is 4.57. The summed E-state index contributed by atoms with van der Waals surface area (Å²) in [7, 11) is 0. The van der Waals surface area contributed by atoms with Crippen molar-refractivity contribution in [2.75, 3.05) is 12.3 Å². The Bertz CT molecular complexity index is 486. The standard InChI is InChI=1S/C14H18N2O4/c15-10-3-1-9(2-4-10)7-13(17)16-8-11-5-6-12(20-11)14(18)19/h1-4,11-12H,5-8,15H2,(H,16,17)(H,18,19). The van der Waals surface area contributed by atoms with Crippen LogP contribution >= 0.6 is 0 Å². The molecule has 0 aromatic heterocycles. The number of ether oxygens (including phenoxy) is 1. The van der Waals surface area contributed by atoms with Gasteiger partial charge in [-0.2, -0.15) is 0 Å². The molecule has 1 aromatic rings. The fourth-order valence-electron chi connectivity index (χ4n) is 2.15. The molecular formula is C14H18N2O4. The first-order chi connectivity index (χ1) is 9.54. The lowest BCUT2D eigenvalue weighted by Crippen LogP contribution is -2.34. The summed E-state index contributed by atoms with van der Waals surface area (Å²) in [6.07, 6.45) is 0.461. The van der Waals surface area contributed by atoms with Crippen LogP contribution in [0.25, 0.3) is 0 Å². The molecule has 0 bridgehead atoms.